The second kappa shape index (κ2) is 5.05. The highest BCUT2D eigenvalue weighted by molar-refractivity contribution is 7.86. The Hall–Kier alpha value is -0.820. The van der Waals surface area contributed by atoms with Gasteiger partial charge >= 0.3 is 6.09 Å². The van der Waals surface area contributed by atoms with Gasteiger partial charge in [-0.1, -0.05) is 0 Å². The summed E-state index contributed by atoms with van der Waals surface area (Å²) in [5, 5.41) is 0. The number of carbonyl (C=O) groups excluding carboxylic acids is 1. The van der Waals surface area contributed by atoms with Gasteiger partial charge in [-0.25, -0.2) is 4.79 Å². The van der Waals surface area contributed by atoms with Gasteiger partial charge in [0, 0.05) is 6.54 Å². The van der Waals surface area contributed by atoms with E-state index in [-0.39, 0.29) is 6.04 Å². The summed E-state index contributed by atoms with van der Waals surface area (Å²) >= 11 is 0. The second-order valence-corrected chi connectivity index (χ2v) is 7.14. The molecule has 2 unspecified atom stereocenters. The summed E-state index contributed by atoms with van der Waals surface area (Å²) in [6.07, 6.45) is 0.575. The molecular weight excluding hydrogens is 258 g/mol. The molecule has 0 spiro atoms. The molecule has 2 atom stereocenters. The van der Waals surface area contributed by atoms with Crippen LogP contribution < -0.4 is 0 Å². The van der Waals surface area contributed by atoms with Crippen molar-refractivity contribution in [3.05, 3.63) is 0 Å². The third-order valence-electron chi connectivity index (χ3n) is 2.61. The van der Waals surface area contributed by atoms with Crippen LogP contribution >= 0.6 is 0 Å². The predicted molar refractivity (Wildman–Crippen MR) is 66.7 cm³/mol. The molecule has 0 aromatic heterocycles. The standard InChI is InChI=1S/C11H21NO5S/c1-8-9(17-18(5,14)15)6-7-12(8)10(13)16-11(2,3)4/h8-9H,6-7H2,1-5H3. The van der Waals surface area contributed by atoms with E-state index in [2.05, 4.69) is 0 Å². The van der Waals surface area contributed by atoms with Crippen molar-refractivity contribution in [3.8, 4) is 0 Å². The first-order valence-electron chi connectivity index (χ1n) is 5.87. The van der Waals surface area contributed by atoms with Crippen molar-refractivity contribution >= 4 is 16.2 Å². The quantitative estimate of drug-likeness (QED) is 0.714. The molecule has 0 N–H and O–H groups in total. The zero-order valence-corrected chi connectivity index (χ0v) is 12.3. The fourth-order valence-corrected chi connectivity index (χ4v) is 2.55. The monoisotopic (exact) mass is 279 g/mol. The Kier molecular flexibility index (Phi) is 4.27. The summed E-state index contributed by atoms with van der Waals surface area (Å²) in [5.41, 5.74) is -0.563. The number of hydrogen-bond donors (Lipinski definition) is 0. The van der Waals surface area contributed by atoms with Gasteiger partial charge < -0.3 is 9.64 Å². The van der Waals surface area contributed by atoms with Crippen LogP contribution in [0.15, 0.2) is 0 Å². The summed E-state index contributed by atoms with van der Waals surface area (Å²) in [7, 11) is -3.50. The van der Waals surface area contributed by atoms with E-state index in [4.69, 9.17) is 8.92 Å². The normalized spacial score (nSPS) is 25.3. The van der Waals surface area contributed by atoms with Crippen LogP contribution in [0.3, 0.4) is 0 Å². The third kappa shape index (κ3) is 4.45. The maximum Gasteiger partial charge on any atom is 0.410 e. The Balaban J connectivity index is 2.65. The minimum absolute atomic E-state index is 0.311. The van der Waals surface area contributed by atoms with Gasteiger partial charge in [0.25, 0.3) is 10.1 Å². The van der Waals surface area contributed by atoms with Crippen LogP contribution in [0.2, 0.25) is 0 Å². The molecule has 0 saturated carbocycles. The van der Waals surface area contributed by atoms with Crippen molar-refractivity contribution in [1.29, 1.82) is 0 Å². The maximum atomic E-state index is 11.9. The number of nitrogens with zero attached hydrogens (tertiary/aromatic N) is 1. The highest BCUT2D eigenvalue weighted by Crippen LogP contribution is 2.24. The number of likely N-dealkylation sites (tertiary alicyclic amines) is 1. The summed E-state index contributed by atoms with van der Waals surface area (Å²) in [5.74, 6) is 0. The molecule has 0 aromatic carbocycles. The van der Waals surface area contributed by atoms with Crippen LogP contribution in [0.1, 0.15) is 34.1 Å². The number of carbonyl (C=O) groups is 1. The molecule has 1 saturated heterocycles. The van der Waals surface area contributed by atoms with Crippen LogP contribution in [-0.4, -0.2) is 50.0 Å². The van der Waals surface area contributed by atoms with E-state index in [1.54, 1.807) is 27.7 Å². The Labute approximate surface area is 108 Å². The van der Waals surface area contributed by atoms with Crippen molar-refractivity contribution < 1.29 is 22.1 Å². The van der Waals surface area contributed by atoms with Gasteiger partial charge in [0.15, 0.2) is 0 Å². The first-order chi connectivity index (χ1) is 7.99. The molecule has 1 rings (SSSR count). The van der Waals surface area contributed by atoms with Gasteiger partial charge in [-0.15, -0.1) is 0 Å². The van der Waals surface area contributed by atoms with Crippen molar-refractivity contribution in [1.82, 2.24) is 4.90 Å². The molecule has 0 radical (unpaired) electrons. The van der Waals surface area contributed by atoms with Gasteiger partial charge in [0.2, 0.25) is 0 Å². The van der Waals surface area contributed by atoms with Crippen LogP contribution in [0, 0.1) is 0 Å². The van der Waals surface area contributed by atoms with Gasteiger partial charge in [-0.2, -0.15) is 8.42 Å². The smallest absolute Gasteiger partial charge is 0.410 e. The average molecular weight is 279 g/mol. The fourth-order valence-electron chi connectivity index (χ4n) is 1.84. The lowest BCUT2D eigenvalue weighted by Gasteiger charge is -2.28. The number of hydrogen-bond acceptors (Lipinski definition) is 5. The van der Waals surface area contributed by atoms with E-state index in [1.807, 2.05) is 0 Å². The van der Waals surface area contributed by atoms with E-state index in [1.165, 1.54) is 4.90 Å². The topological polar surface area (TPSA) is 72.9 Å². The predicted octanol–water partition coefficient (Wildman–Crippen LogP) is 1.36. The van der Waals surface area contributed by atoms with Gasteiger partial charge in [-0.05, 0) is 34.1 Å². The molecule has 0 aliphatic carbocycles. The highest BCUT2D eigenvalue weighted by atomic mass is 32.2. The Morgan fingerprint density at radius 1 is 1.33 bits per heavy atom. The van der Waals surface area contributed by atoms with Crippen LogP contribution in [-0.2, 0) is 19.0 Å². The molecule has 1 aliphatic rings. The minimum Gasteiger partial charge on any atom is -0.444 e. The largest absolute Gasteiger partial charge is 0.444 e. The van der Waals surface area contributed by atoms with Crippen molar-refractivity contribution in [2.24, 2.45) is 0 Å². The second-order valence-electron chi connectivity index (χ2n) is 5.54. The minimum atomic E-state index is -3.50. The van der Waals surface area contributed by atoms with Crippen LogP contribution in [0.25, 0.3) is 0 Å². The molecule has 0 bridgehead atoms. The molecule has 18 heavy (non-hydrogen) atoms. The van der Waals surface area contributed by atoms with E-state index in [0.717, 1.165) is 6.26 Å². The number of amides is 1. The third-order valence-corrected chi connectivity index (χ3v) is 3.21. The van der Waals surface area contributed by atoms with Crippen LogP contribution in [0.4, 0.5) is 4.79 Å². The molecule has 0 aromatic rings. The van der Waals surface area contributed by atoms with E-state index < -0.39 is 27.9 Å². The molecular formula is C11H21NO5S. The Morgan fingerprint density at radius 3 is 2.33 bits per heavy atom. The highest BCUT2D eigenvalue weighted by Gasteiger charge is 2.38. The average Bonchev–Trinajstić information content (AvgIpc) is 2.42. The molecule has 1 aliphatic heterocycles. The van der Waals surface area contributed by atoms with Crippen LogP contribution in [0.5, 0.6) is 0 Å². The molecule has 106 valence electrons. The zero-order chi connectivity index (χ0) is 14.1. The molecule has 1 amide bonds. The lowest BCUT2D eigenvalue weighted by molar-refractivity contribution is 0.0194. The first kappa shape index (κ1) is 15.2. The molecule has 1 heterocycles. The lowest BCUT2D eigenvalue weighted by Crippen LogP contribution is -2.41. The molecule has 6 nitrogen and oxygen atoms in total. The van der Waals surface area contributed by atoms with Gasteiger partial charge in [0.05, 0.1) is 18.4 Å². The summed E-state index contributed by atoms with van der Waals surface area (Å²) < 4.78 is 32.4. The summed E-state index contributed by atoms with van der Waals surface area (Å²) in [6, 6.07) is -0.311. The summed E-state index contributed by atoms with van der Waals surface area (Å²) in [6.45, 7) is 7.56. The summed E-state index contributed by atoms with van der Waals surface area (Å²) in [4.78, 5) is 13.4. The number of ether oxygens (including phenoxy) is 1. The molecule has 7 heteroatoms. The molecule has 1 fully saturated rings. The first-order valence-corrected chi connectivity index (χ1v) is 7.69. The van der Waals surface area contributed by atoms with Crippen molar-refractivity contribution in [2.45, 2.75) is 51.9 Å². The van der Waals surface area contributed by atoms with Gasteiger partial charge in [0.1, 0.15) is 5.60 Å². The van der Waals surface area contributed by atoms with E-state index in [9.17, 15) is 13.2 Å². The Morgan fingerprint density at radius 2 is 1.89 bits per heavy atom. The fraction of sp³-hybridized carbons (Fsp3) is 0.909. The SMILES string of the molecule is CC1C(OS(C)(=O)=O)CCN1C(=O)OC(C)(C)C. The van der Waals surface area contributed by atoms with E-state index in [0.29, 0.717) is 13.0 Å². The van der Waals surface area contributed by atoms with Gasteiger partial charge in [-0.3, -0.25) is 4.18 Å². The zero-order valence-electron chi connectivity index (χ0n) is 11.5. The van der Waals surface area contributed by atoms with Crippen molar-refractivity contribution in [3.63, 3.8) is 0 Å². The maximum absolute atomic E-state index is 11.9. The number of rotatable bonds is 2. The van der Waals surface area contributed by atoms with E-state index >= 15 is 0 Å². The van der Waals surface area contributed by atoms with Crippen molar-refractivity contribution in [2.75, 3.05) is 12.8 Å². The lowest BCUT2D eigenvalue weighted by atomic mass is 10.2. The Bertz CT molecular complexity index is 412.